The van der Waals surface area contributed by atoms with Crippen molar-refractivity contribution >= 4 is 12.1 Å². The second-order valence-corrected chi connectivity index (χ2v) is 4.99. The predicted octanol–water partition coefficient (Wildman–Crippen LogP) is 1.73. The van der Waals surface area contributed by atoms with Crippen LogP contribution in [0, 0.1) is 6.92 Å². The summed E-state index contributed by atoms with van der Waals surface area (Å²) < 4.78 is 1.61. The van der Waals surface area contributed by atoms with E-state index >= 15 is 0 Å². The number of H-pyrrole nitrogens is 1. The molecule has 0 bridgehead atoms. The zero-order valence-electron chi connectivity index (χ0n) is 12.6. The maximum atomic E-state index is 11.8. The molecule has 3 aromatic rings. The third kappa shape index (κ3) is 3.52. The van der Waals surface area contributed by atoms with Crippen LogP contribution in [0.5, 0.6) is 0 Å². The highest BCUT2D eigenvalue weighted by Gasteiger charge is 2.06. The van der Waals surface area contributed by atoms with Crippen molar-refractivity contribution in [3.63, 3.8) is 0 Å². The first-order valence-electron chi connectivity index (χ1n) is 7.13. The molecule has 2 aromatic heterocycles. The quantitative estimate of drug-likeness (QED) is 0.556. The van der Waals surface area contributed by atoms with Crippen molar-refractivity contribution in [3.05, 3.63) is 60.0 Å². The summed E-state index contributed by atoms with van der Waals surface area (Å²) >= 11 is 0. The molecule has 0 saturated heterocycles. The van der Waals surface area contributed by atoms with Gasteiger partial charge in [0.25, 0.3) is 5.91 Å². The number of nitrogens with one attached hydrogen (secondary N) is 2. The fraction of sp³-hybridized carbons (Fsp3) is 0.125. The Labute approximate surface area is 133 Å². The minimum atomic E-state index is -0.238. The average molecular weight is 308 g/mol. The number of aromatic nitrogens is 4. The first-order valence-corrected chi connectivity index (χ1v) is 7.13. The molecule has 1 amide bonds. The van der Waals surface area contributed by atoms with Crippen LogP contribution < -0.4 is 5.43 Å². The SMILES string of the molecule is Cc1ccnn1CC(=O)NN=Cc1cn[nH]c1-c1ccccc1. The van der Waals surface area contributed by atoms with Gasteiger partial charge in [0.1, 0.15) is 6.54 Å². The zero-order chi connectivity index (χ0) is 16.1. The zero-order valence-corrected chi connectivity index (χ0v) is 12.6. The summed E-state index contributed by atoms with van der Waals surface area (Å²) in [6.45, 7) is 2.02. The third-order valence-corrected chi connectivity index (χ3v) is 3.35. The lowest BCUT2D eigenvalue weighted by molar-refractivity contribution is -0.121. The predicted molar refractivity (Wildman–Crippen MR) is 86.7 cm³/mol. The first kappa shape index (κ1) is 14.7. The number of carbonyl (C=O) groups excluding carboxylic acids is 1. The smallest absolute Gasteiger partial charge is 0.261 e. The maximum Gasteiger partial charge on any atom is 0.261 e. The highest BCUT2D eigenvalue weighted by atomic mass is 16.2. The molecule has 0 fully saturated rings. The Balaban J connectivity index is 1.64. The van der Waals surface area contributed by atoms with Gasteiger partial charge in [-0.3, -0.25) is 14.6 Å². The Morgan fingerprint density at radius 2 is 2.17 bits per heavy atom. The second-order valence-electron chi connectivity index (χ2n) is 4.99. The molecule has 0 atom stereocenters. The number of amides is 1. The molecule has 3 rings (SSSR count). The Morgan fingerprint density at radius 3 is 2.91 bits per heavy atom. The molecule has 0 unspecified atom stereocenters. The van der Waals surface area contributed by atoms with Crippen LogP contribution >= 0.6 is 0 Å². The standard InChI is InChI=1S/C16H16N6O/c1-12-7-8-19-22(12)11-15(23)20-17-9-14-10-18-21-16(14)13-5-3-2-4-6-13/h2-10H,11H2,1H3,(H,18,21)(H,20,23). The van der Waals surface area contributed by atoms with E-state index in [9.17, 15) is 4.79 Å². The minimum Gasteiger partial charge on any atom is -0.277 e. The monoisotopic (exact) mass is 308 g/mol. The van der Waals surface area contributed by atoms with E-state index in [2.05, 4.69) is 25.8 Å². The largest absolute Gasteiger partial charge is 0.277 e. The molecule has 7 heteroatoms. The molecule has 2 N–H and O–H groups in total. The van der Waals surface area contributed by atoms with Crippen molar-refractivity contribution in [1.82, 2.24) is 25.4 Å². The van der Waals surface area contributed by atoms with E-state index in [1.165, 1.54) is 0 Å². The van der Waals surface area contributed by atoms with Gasteiger partial charge in [-0.2, -0.15) is 15.3 Å². The van der Waals surface area contributed by atoms with Gasteiger partial charge >= 0.3 is 0 Å². The molecule has 7 nitrogen and oxygen atoms in total. The van der Waals surface area contributed by atoms with Crippen molar-refractivity contribution in [2.45, 2.75) is 13.5 Å². The molecule has 116 valence electrons. The van der Waals surface area contributed by atoms with E-state index in [0.717, 1.165) is 22.5 Å². The fourth-order valence-electron chi connectivity index (χ4n) is 2.14. The highest BCUT2D eigenvalue weighted by molar-refractivity contribution is 5.89. The van der Waals surface area contributed by atoms with E-state index in [-0.39, 0.29) is 12.5 Å². The Morgan fingerprint density at radius 1 is 1.35 bits per heavy atom. The number of hydrogen-bond acceptors (Lipinski definition) is 4. The Hall–Kier alpha value is -3.22. The molecule has 0 aliphatic carbocycles. The molecule has 0 aliphatic rings. The van der Waals surface area contributed by atoms with Gasteiger partial charge in [-0.05, 0) is 13.0 Å². The van der Waals surface area contributed by atoms with Crippen molar-refractivity contribution in [1.29, 1.82) is 0 Å². The van der Waals surface area contributed by atoms with Crippen molar-refractivity contribution < 1.29 is 4.79 Å². The van der Waals surface area contributed by atoms with E-state index < -0.39 is 0 Å². The fourth-order valence-corrected chi connectivity index (χ4v) is 2.14. The summed E-state index contributed by atoms with van der Waals surface area (Å²) in [6.07, 6.45) is 4.89. The van der Waals surface area contributed by atoms with Gasteiger partial charge in [0.15, 0.2) is 0 Å². The van der Waals surface area contributed by atoms with Crippen LogP contribution in [-0.4, -0.2) is 32.1 Å². The molecule has 0 saturated carbocycles. The van der Waals surface area contributed by atoms with E-state index in [4.69, 9.17) is 0 Å². The molecule has 2 heterocycles. The van der Waals surface area contributed by atoms with Crippen LogP contribution in [0.3, 0.4) is 0 Å². The molecule has 0 radical (unpaired) electrons. The second kappa shape index (κ2) is 6.69. The van der Waals surface area contributed by atoms with Crippen LogP contribution in [0.2, 0.25) is 0 Å². The maximum absolute atomic E-state index is 11.8. The number of benzene rings is 1. The number of aromatic amines is 1. The molecule has 23 heavy (non-hydrogen) atoms. The van der Waals surface area contributed by atoms with E-state index in [1.807, 2.05) is 43.3 Å². The van der Waals surface area contributed by atoms with E-state index in [0.29, 0.717) is 0 Å². The van der Waals surface area contributed by atoms with Gasteiger partial charge in [-0.1, -0.05) is 30.3 Å². The van der Waals surface area contributed by atoms with Gasteiger partial charge in [0.2, 0.25) is 0 Å². The summed E-state index contributed by atoms with van der Waals surface area (Å²) in [6, 6.07) is 11.6. The van der Waals surface area contributed by atoms with Crippen molar-refractivity contribution in [2.75, 3.05) is 0 Å². The first-order chi connectivity index (χ1) is 11.2. The van der Waals surface area contributed by atoms with Gasteiger partial charge in [-0.25, -0.2) is 5.43 Å². The molecule has 0 aliphatic heterocycles. The number of rotatable bonds is 5. The van der Waals surface area contributed by atoms with E-state index in [1.54, 1.807) is 23.3 Å². The Bertz CT molecular complexity index is 818. The minimum absolute atomic E-state index is 0.132. The topological polar surface area (TPSA) is 88.0 Å². The number of carbonyl (C=O) groups is 1. The Kier molecular flexibility index (Phi) is 4.28. The van der Waals surface area contributed by atoms with Crippen molar-refractivity contribution in [3.8, 4) is 11.3 Å². The summed E-state index contributed by atoms with van der Waals surface area (Å²) in [5.74, 6) is -0.238. The van der Waals surface area contributed by atoms with Crippen LogP contribution in [0.15, 0.2) is 53.9 Å². The van der Waals surface area contributed by atoms with Crippen LogP contribution in [-0.2, 0) is 11.3 Å². The number of hydrogen-bond donors (Lipinski definition) is 2. The molecular weight excluding hydrogens is 292 g/mol. The average Bonchev–Trinajstić information content (AvgIpc) is 3.18. The van der Waals surface area contributed by atoms with Gasteiger partial charge in [0.05, 0.1) is 18.1 Å². The number of hydrazone groups is 1. The lowest BCUT2D eigenvalue weighted by Gasteiger charge is -2.02. The summed E-state index contributed by atoms with van der Waals surface area (Å²) in [4.78, 5) is 11.8. The molecule has 0 spiro atoms. The summed E-state index contributed by atoms with van der Waals surface area (Å²) in [5.41, 5.74) is 6.07. The number of nitrogens with zero attached hydrogens (tertiary/aromatic N) is 4. The van der Waals surface area contributed by atoms with Crippen LogP contribution in [0.25, 0.3) is 11.3 Å². The summed E-state index contributed by atoms with van der Waals surface area (Å²) in [7, 11) is 0. The van der Waals surface area contributed by atoms with Crippen molar-refractivity contribution in [2.24, 2.45) is 5.10 Å². The lowest BCUT2D eigenvalue weighted by atomic mass is 10.1. The third-order valence-electron chi connectivity index (χ3n) is 3.35. The van der Waals surface area contributed by atoms with Gasteiger partial charge in [-0.15, -0.1) is 0 Å². The highest BCUT2D eigenvalue weighted by Crippen LogP contribution is 2.18. The van der Waals surface area contributed by atoms with Crippen LogP contribution in [0.1, 0.15) is 11.3 Å². The molecular formula is C16H16N6O. The summed E-state index contributed by atoms with van der Waals surface area (Å²) in [5, 5.41) is 15.0. The lowest BCUT2D eigenvalue weighted by Crippen LogP contribution is -2.24. The van der Waals surface area contributed by atoms with Gasteiger partial charge < -0.3 is 0 Å². The molecule has 1 aromatic carbocycles. The normalized spacial score (nSPS) is 11.0. The van der Waals surface area contributed by atoms with Crippen LogP contribution in [0.4, 0.5) is 0 Å². The number of aryl methyl sites for hydroxylation is 1. The van der Waals surface area contributed by atoms with Gasteiger partial charge in [0, 0.05) is 23.0 Å².